The number of aryl methyl sites for hydroxylation is 1. The maximum Gasteiger partial charge on any atom is 0.307 e. The maximum absolute atomic E-state index is 11.9. The molecule has 0 fully saturated rings. The fourth-order valence-corrected chi connectivity index (χ4v) is 3.16. The third-order valence-corrected chi connectivity index (χ3v) is 4.41. The molecule has 3 rings (SSSR count). The monoisotopic (exact) mass is 380 g/mol. The molecule has 0 saturated carbocycles. The zero-order valence-corrected chi connectivity index (χ0v) is 16.3. The number of carbonyl (C=O) groups excluding carboxylic acids is 1. The van der Waals surface area contributed by atoms with Crippen molar-refractivity contribution >= 4 is 5.97 Å². The van der Waals surface area contributed by atoms with Crippen LogP contribution in [0.1, 0.15) is 13.3 Å². The minimum Gasteiger partial charge on any atom is -0.493 e. The Morgan fingerprint density at radius 2 is 1.82 bits per heavy atom. The number of rotatable bonds is 8. The van der Waals surface area contributed by atoms with Crippen molar-refractivity contribution in [3.63, 3.8) is 0 Å². The van der Waals surface area contributed by atoms with Crippen LogP contribution in [0.5, 0.6) is 11.5 Å². The van der Waals surface area contributed by atoms with Gasteiger partial charge in [0.25, 0.3) is 0 Å². The van der Waals surface area contributed by atoms with Crippen molar-refractivity contribution in [2.24, 2.45) is 0 Å². The molecule has 0 aliphatic heterocycles. The molecule has 28 heavy (non-hydrogen) atoms. The first kappa shape index (κ1) is 19.5. The number of imidazole rings is 1. The number of ether oxygens (including phenoxy) is 3. The average molecular weight is 380 g/mol. The molecule has 0 saturated heterocycles. The number of esters is 1. The molecule has 0 unspecified atom stereocenters. The van der Waals surface area contributed by atoms with E-state index in [0.717, 1.165) is 22.5 Å². The van der Waals surface area contributed by atoms with Gasteiger partial charge in [0.1, 0.15) is 0 Å². The zero-order valence-electron chi connectivity index (χ0n) is 16.3. The minimum atomic E-state index is -0.235. The molecule has 6 nitrogen and oxygen atoms in total. The van der Waals surface area contributed by atoms with E-state index in [1.807, 2.05) is 53.1 Å². The molecule has 0 amide bonds. The Kier molecular flexibility index (Phi) is 6.32. The molecule has 0 bridgehead atoms. The number of aromatic nitrogens is 2. The summed E-state index contributed by atoms with van der Waals surface area (Å²) in [5.74, 6) is 1.03. The van der Waals surface area contributed by atoms with Gasteiger partial charge in [-0.1, -0.05) is 36.4 Å². The van der Waals surface area contributed by atoms with Crippen molar-refractivity contribution < 1.29 is 19.0 Å². The summed E-state index contributed by atoms with van der Waals surface area (Å²) in [4.78, 5) is 16.5. The first-order valence-electron chi connectivity index (χ1n) is 9.17. The molecular formula is C22H24N2O4. The van der Waals surface area contributed by atoms with Gasteiger partial charge in [-0.05, 0) is 19.1 Å². The first-order valence-corrected chi connectivity index (χ1v) is 9.17. The number of carbonyl (C=O) groups is 1. The molecule has 6 heteroatoms. The van der Waals surface area contributed by atoms with Crippen LogP contribution in [0.15, 0.2) is 54.9 Å². The summed E-state index contributed by atoms with van der Waals surface area (Å²) < 4.78 is 18.1. The molecule has 0 N–H and O–H groups in total. The smallest absolute Gasteiger partial charge is 0.307 e. The molecular weight excluding hydrogens is 356 g/mol. The highest BCUT2D eigenvalue weighted by Crippen LogP contribution is 2.41. The highest BCUT2D eigenvalue weighted by atomic mass is 16.5. The van der Waals surface area contributed by atoms with Crippen LogP contribution in [0.25, 0.3) is 22.5 Å². The largest absolute Gasteiger partial charge is 0.493 e. The van der Waals surface area contributed by atoms with E-state index in [1.54, 1.807) is 27.5 Å². The van der Waals surface area contributed by atoms with Gasteiger partial charge >= 0.3 is 5.97 Å². The lowest BCUT2D eigenvalue weighted by Gasteiger charge is -2.16. The maximum atomic E-state index is 11.9. The van der Waals surface area contributed by atoms with Crippen molar-refractivity contribution in [1.82, 2.24) is 9.55 Å². The number of hydrogen-bond donors (Lipinski definition) is 0. The first-order chi connectivity index (χ1) is 13.7. The molecule has 146 valence electrons. The van der Waals surface area contributed by atoms with Gasteiger partial charge in [0, 0.05) is 17.7 Å². The third kappa shape index (κ3) is 4.01. The van der Waals surface area contributed by atoms with Gasteiger partial charge in [-0.15, -0.1) is 0 Å². The molecule has 3 aromatic rings. The topological polar surface area (TPSA) is 62.6 Å². The summed E-state index contributed by atoms with van der Waals surface area (Å²) in [6, 6.07) is 15.7. The van der Waals surface area contributed by atoms with E-state index in [2.05, 4.69) is 4.98 Å². The molecule has 0 atom stereocenters. The molecule has 0 aliphatic carbocycles. The molecule has 2 aromatic carbocycles. The van der Waals surface area contributed by atoms with Gasteiger partial charge in [0.2, 0.25) is 0 Å². The standard InChI is InChI=1S/C22H24N2O4/c1-4-28-19(25)13-14-24-15-23-20(16-9-6-5-7-10-16)21(24)17-11-8-12-18(26-2)22(17)27-3/h5-12,15H,4,13-14H2,1-3H3. The van der Waals surface area contributed by atoms with Crippen molar-refractivity contribution in [1.29, 1.82) is 0 Å². The van der Waals surface area contributed by atoms with Crippen LogP contribution < -0.4 is 9.47 Å². The van der Waals surface area contributed by atoms with Crippen LogP contribution in [-0.2, 0) is 16.1 Å². The summed E-state index contributed by atoms with van der Waals surface area (Å²) in [6.45, 7) is 2.62. The average Bonchev–Trinajstić information content (AvgIpc) is 3.16. The van der Waals surface area contributed by atoms with Crippen molar-refractivity contribution in [2.75, 3.05) is 20.8 Å². The van der Waals surface area contributed by atoms with Crippen LogP contribution >= 0.6 is 0 Å². The second-order valence-electron chi connectivity index (χ2n) is 6.10. The van der Waals surface area contributed by atoms with Crippen LogP contribution in [0.4, 0.5) is 0 Å². The van der Waals surface area contributed by atoms with E-state index >= 15 is 0 Å². The van der Waals surface area contributed by atoms with Crippen LogP contribution in [0.3, 0.4) is 0 Å². The van der Waals surface area contributed by atoms with E-state index in [9.17, 15) is 4.79 Å². The Morgan fingerprint density at radius 1 is 1.04 bits per heavy atom. The molecule has 0 radical (unpaired) electrons. The van der Waals surface area contributed by atoms with Gasteiger partial charge in [0.05, 0.1) is 45.0 Å². The number of benzene rings is 2. The van der Waals surface area contributed by atoms with E-state index in [0.29, 0.717) is 24.7 Å². The van der Waals surface area contributed by atoms with E-state index in [-0.39, 0.29) is 12.4 Å². The summed E-state index contributed by atoms with van der Waals surface area (Å²) >= 11 is 0. The normalized spacial score (nSPS) is 10.5. The SMILES string of the molecule is CCOC(=O)CCn1cnc(-c2ccccc2)c1-c1cccc(OC)c1OC. The van der Waals surface area contributed by atoms with Gasteiger partial charge < -0.3 is 18.8 Å². The summed E-state index contributed by atoms with van der Waals surface area (Å²) in [7, 11) is 3.22. The Morgan fingerprint density at radius 3 is 2.50 bits per heavy atom. The highest BCUT2D eigenvalue weighted by Gasteiger charge is 2.21. The number of methoxy groups -OCH3 is 2. The highest BCUT2D eigenvalue weighted by molar-refractivity contribution is 5.83. The zero-order chi connectivity index (χ0) is 19.9. The minimum absolute atomic E-state index is 0.235. The number of nitrogens with zero attached hydrogens (tertiary/aromatic N) is 2. The van der Waals surface area contributed by atoms with E-state index in [4.69, 9.17) is 14.2 Å². The van der Waals surface area contributed by atoms with E-state index in [1.165, 1.54) is 0 Å². The summed E-state index contributed by atoms with van der Waals surface area (Å²) in [5.41, 5.74) is 3.52. The van der Waals surface area contributed by atoms with Gasteiger partial charge in [-0.3, -0.25) is 4.79 Å². The van der Waals surface area contributed by atoms with Gasteiger partial charge in [0.15, 0.2) is 11.5 Å². The molecule has 1 heterocycles. The summed E-state index contributed by atoms with van der Waals surface area (Å²) in [6.07, 6.45) is 2.01. The quantitative estimate of drug-likeness (QED) is 0.549. The predicted octanol–water partition coefficient (Wildman–Crippen LogP) is 4.19. The second-order valence-corrected chi connectivity index (χ2v) is 6.10. The third-order valence-electron chi connectivity index (χ3n) is 4.41. The lowest BCUT2D eigenvalue weighted by Crippen LogP contribution is -2.09. The van der Waals surface area contributed by atoms with Crippen molar-refractivity contribution in [3.05, 3.63) is 54.9 Å². The van der Waals surface area contributed by atoms with E-state index < -0.39 is 0 Å². The molecule has 0 aliphatic rings. The number of hydrogen-bond acceptors (Lipinski definition) is 5. The molecule has 1 aromatic heterocycles. The number of para-hydroxylation sites is 1. The predicted molar refractivity (Wildman–Crippen MR) is 107 cm³/mol. The van der Waals surface area contributed by atoms with Crippen molar-refractivity contribution in [2.45, 2.75) is 19.9 Å². The lowest BCUT2D eigenvalue weighted by atomic mass is 10.0. The lowest BCUT2D eigenvalue weighted by molar-refractivity contribution is -0.143. The van der Waals surface area contributed by atoms with Crippen LogP contribution in [0.2, 0.25) is 0 Å². The fraction of sp³-hybridized carbons (Fsp3) is 0.273. The Hall–Kier alpha value is -3.28. The van der Waals surface area contributed by atoms with Crippen molar-refractivity contribution in [3.8, 4) is 34.0 Å². The summed E-state index contributed by atoms with van der Waals surface area (Å²) in [5, 5.41) is 0. The molecule has 0 spiro atoms. The van der Waals surface area contributed by atoms with Crippen LogP contribution in [0, 0.1) is 0 Å². The van der Waals surface area contributed by atoms with Gasteiger partial charge in [-0.25, -0.2) is 4.98 Å². The fourth-order valence-electron chi connectivity index (χ4n) is 3.16. The van der Waals surface area contributed by atoms with Crippen LogP contribution in [-0.4, -0.2) is 36.3 Å². The Balaban J connectivity index is 2.11. The second kappa shape index (κ2) is 9.08. The Bertz CT molecular complexity index is 935. The Labute approximate surface area is 164 Å². The van der Waals surface area contributed by atoms with Gasteiger partial charge in [-0.2, -0.15) is 0 Å².